The van der Waals surface area contributed by atoms with Crippen LogP contribution in [0.15, 0.2) is 41.9 Å². The number of aryl methyl sites for hydroxylation is 1. The number of benzene rings is 2. The minimum absolute atomic E-state index is 0.00856. The molecule has 56 heavy (non-hydrogen) atoms. The molecular formula is C41H53FN6O6S2. The largest absolute Gasteiger partial charge is 0.488 e. The molecule has 3 N–H and O–H groups in total. The molecule has 4 aromatic rings. The van der Waals surface area contributed by atoms with Crippen molar-refractivity contribution in [1.82, 2.24) is 25.5 Å². The molecule has 2 aliphatic heterocycles. The van der Waals surface area contributed by atoms with Gasteiger partial charge in [0.05, 0.1) is 52.7 Å². The molecule has 3 amide bonds. The van der Waals surface area contributed by atoms with Gasteiger partial charge in [0.25, 0.3) is 0 Å². The fourth-order valence-electron chi connectivity index (χ4n) is 7.12. The van der Waals surface area contributed by atoms with Gasteiger partial charge in [-0.25, -0.2) is 14.4 Å². The summed E-state index contributed by atoms with van der Waals surface area (Å²) in [5.41, 5.74) is 4.64. The van der Waals surface area contributed by atoms with Gasteiger partial charge in [-0.15, -0.1) is 11.3 Å². The molecule has 2 aromatic heterocycles. The molecule has 4 atom stereocenters. The Morgan fingerprint density at radius 1 is 1.05 bits per heavy atom. The van der Waals surface area contributed by atoms with E-state index in [4.69, 9.17) is 14.5 Å². The van der Waals surface area contributed by atoms with Crippen molar-refractivity contribution >= 4 is 55.7 Å². The first-order valence-electron chi connectivity index (χ1n) is 19.4. The number of fused-ring (bicyclic) bond motifs is 1. The number of carbonyl (C=O) groups is 3. The first kappa shape index (κ1) is 41.5. The second-order valence-electron chi connectivity index (χ2n) is 15.7. The number of morpholine rings is 1. The highest BCUT2D eigenvalue weighted by Gasteiger charge is 2.44. The van der Waals surface area contributed by atoms with Crippen LogP contribution in [0.2, 0.25) is 0 Å². The summed E-state index contributed by atoms with van der Waals surface area (Å²) in [6, 6.07) is 9.02. The zero-order chi connectivity index (χ0) is 40.0. The van der Waals surface area contributed by atoms with Crippen LogP contribution in [0.3, 0.4) is 0 Å². The van der Waals surface area contributed by atoms with Gasteiger partial charge < -0.3 is 35.0 Å². The van der Waals surface area contributed by atoms with E-state index < -0.39 is 35.3 Å². The molecule has 302 valence electrons. The van der Waals surface area contributed by atoms with Crippen molar-refractivity contribution < 1.29 is 33.4 Å². The first-order valence-corrected chi connectivity index (χ1v) is 21.1. The molecule has 0 saturated carbocycles. The first-order chi connectivity index (χ1) is 26.8. The van der Waals surface area contributed by atoms with E-state index in [2.05, 4.69) is 20.5 Å². The van der Waals surface area contributed by atoms with Gasteiger partial charge in [0, 0.05) is 32.5 Å². The lowest BCUT2D eigenvalue weighted by atomic mass is 9.85. The summed E-state index contributed by atoms with van der Waals surface area (Å²) in [6.07, 6.45) is 2.30. The van der Waals surface area contributed by atoms with Gasteiger partial charge in [-0.3, -0.25) is 14.4 Å². The lowest BCUT2D eigenvalue weighted by Gasteiger charge is -2.35. The summed E-state index contributed by atoms with van der Waals surface area (Å²) in [4.78, 5) is 54.5. The SMILES string of the molecule is Cc1ncsc1-c1ccc([C@H](C)NC(=O)[C@@H]2C[C@@H](O)CN2C(=O)[C@@H](NC(=O)CCCCCCOc2c(F)ccc3sc(N4CCOCC4)nc23)C(C)(C)C)cc1. The van der Waals surface area contributed by atoms with E-state index in [1.54, 1.807) is 17.4 Å². The number of aliphatic hydroxyl groups excluding tert-OH is 1. The topological polar surface area (TPSA) is 146 Å². The number of hydrogen-bond donors (Lipinski definition) is 3. The second kappa shape index (κ2) is 18.4. The molecule has 12 nitrogen and oxygen atoms in total. The monoisotopic (exact) mass is 808 g/mol. The predicted octanol–water partition coefficient (Wildman–Crippen LogP) is 6.40. The molecule has 0 bridgehead atoms. The molecule has 6 rings (SSSR count). The zero-order valence-electron chi connectivity index (χ0n) is 32.8. The quantitative estimate of drug-likeness (QED) is 0.116. The number of β-amino-alcohol motifs (C(OH)–C–C–N with tert-alkyl or cyclic N) is 1. The average molecular weight is 809 g/mol. The van der Waals surface area contributed by atoms with Gasteiger partial charge in [-0.1, -0.05) is 69.2 Å². The molecule has 2 aromatic carbocycles. The maximum Gasteiger partial charge on any atom is 0.246 e. The number of likely N-dealkylation sites (tertiary alicyclic amines) is 1. The van der Waals surface area contributed by atoms with Crippen molar-refractivity contribution in [3.8, 4) is 16.2 Å². The number of thiazole rings is 2. The Labute approximate surface area is 335 Å². The Kier molecular flexibility index (Phi) is 13.6. The highest BCUT2D eigenvalue weighted by atomic mass is 32.1. The molecule has 4 heterocycles. The van der Waals surface area contributed by atoms with Gasteiger partial charge >= 0.3 is 0 Å². The van der Waals surface area contributed by atoms with Crippen molar-refractivity contribution in [1.29, 1.82) is 0 Å². The van der Waals surface area contributed by atoms with Crippen molar-refractivity contribution in [2.75, 3.05) is 44.4 Å². The van der Waals surface area contributed by atoms with E-state index in [0.29, 0.717) is 38.2 Å². The summed E-state index contributed by atoms with van der Waals surface area (Å²) in [6.45, 7) is 12.6. The van der Waals surface area contributed by atoms with Crippen LogP contribution in [-0.2, 0) is 19.1 Å². The maximum absolute atomic E-state index is 14.8. The number of hydrogen-bond acceptors (Lipinski definition) is 11. The van der Waals surface area contributed by atoms with Crippen molar-refractivity contribution in [3.05, 3.63) is 59.0 Å². The van der Waals surface area contributed by atoms with Crippen LogP contribution < -0.4 is 20.3 Å². The third-order valence-electron chi connectivity index (χ3n) is 10.3. The maximum atomic E-state index is 14.8. The number of nitrogens with zero attached hydrogens (tertiary/aromatic N) is 4. The van der Waals surface area contributed by atoms with Crippen LogP contribution in [-0.4, -0.2) is 95.3 Å². The minimum atomic E-state index is -0.892. The fraction of sp³-hybridized carbons (Fsp3) is 0.537. The van der Waals surface area contributed by atoms with Gasteiger partial charge in [0.1, 0.15) is 17.6 Å². The number of aliphatic hydroxyl groups is 1. The van der Waals surface area contributed by atoms with Gasteiger partial charge in [-0.05, 0) is 55.4 Å². The van der Waals surface area contributed by atoms with Crippen molar-refractivity contribution in [3.63, 3.8) is 0 Å². The number of amides is 3. The fourth-order valence-corrected chi connectivity index (χ4v) is 8.95. The van der Waals surface area contributed by atoms with E-state index in [9.17, 15) is 23.9 Å². The summed E-state index contributed by atoms with van der Waals surface area (Å²) >= 11 is 3.10. The Morgan fingerprint density at radius 2 is 1.79 bits per heavy atom. The molecule has 2 aliphatic rings. The van der Waals surface area contributed by atoms with E-state index >= 15 is 0 Å². The van der Waals surface area contributed by atoms with E-state index in [1.165, 1.54) is 22.3 Å². The van der Waals surface area contributed by atoms with Crippen LogP contribution in [0.1, 0.15) is 83.5 Å². The third kappa shape index (κ3) is 10.0. The number of aromatic nitrogens is 2. The van der Waals surface area contributed by atoms with E-state index in [1.807, 2.05) is 64.4 Å². The number of unbranched alkanes of at least 4 members (excludes halogenated alkanes) is 3. The van der Waals surface area contributed by atoms with Gasteiger partial charge in [0.15, 0.2) is 16.7 Å². The Balaban J connectivity index is 0.964. The summed E-state index contributed by atoms with van der Waals surface area (Å²) < 4.78 is 27.0. The molecule has 0 radical (unpaired) electrons. The number of rotatable bonds is 15. The zero-order valence-corrected chi connectivity index (χ0v) is 34.4. The molecule has 0 aliphatic carbocycles. The summed E-state index contributed by atoms with van der Waals surface area (Å²) in [5, 5.41) is 17.4. The van der Waals surface area contributed by atoms with Crippen LogP contribution in [0.4, 0.5) is 9.52 Å². The molecule has 0 spiro atoms. The second-order valence-corrected chi connectivity index (χ2v) is 17.6. The summed E-state index contributed by atoms with van der Waals surface area (Å²) in [5.74, 6) is -1.27. The predicted molar refractivity (Wildman–Crippen MR) is 218 cm³/mol. The number of carbonyl (C=O) groups excluding carboxylic acids is 3. The van der Waals surface area contributed by atoms with Crippen molar-refractivity contribution in [2.45, 2.75) is 97.4 Å². The van der Waals surface area contributed by atoms with E-state index in [0.717, 1.165) is 57.5 Å². The lowest BCUT2D eigenvalue weighted by Crippen LogP contribution is -2.57. The Hall–Kier alpha value is -4.18. The number of nitrogens with one attached hydrogen (secondary N) is 2. The normalized spacial score (nSPS) is 18.6. The third-order valence-corrected chi connectivity index (χ3v) is 12.4. The van der Waals surface area contributed by atoms with Crippen LogP contribution in [0.5, 0.6) is 5.75 Å². The molecule has 2 fully saturated rings. The van der Waals surface area contributed by atoms with Crippen LogP contribution in [0, 0.1) is 18.2 Å². The molecule has 0 unspecified atom stereocenters. The number of ether oxygens (including phenoxy) is 2. The van der Waals surface area contributed by atoms with Gasteiger partial charge in [-0.2, -0.15) is 0 Å². The van der Waals surface area contributed by atoms with E-state index in [-0.39, 0.29) is 43.0 Å². The number of halogens is 1. The highest BCUT2D eigenvalue weighted by molar-refractivity contribution is 7.22. The molecule has 2 saturated heterocycles. The molecule has 15 heteroatoms. The van der Waals surface area contributed by atoms with Crippen LogP contribution >= 0.6 is 22.7 Å². The van der Waals surface area contributed by atoms with Crippen molar-refractivity contribution in [2.24, 2.45) is 5.41 Å². The summed E-state index contributed by atoms with van der Waals surface area (Å²) in [7, 11) is 0. The Morgan fingerprint density at radius 3 is 2.48 bits per heavy atom. The van der Waals surface area contributed by atoms with Gasteiger partial charge in [0.2, 0.25) is 17.7 Å². The number of anilines is 1. The lowest BCUT2D eigenvalue weighted by molar-refractivity contribution is -0.144. The highest BCUT2D eigenvalue weighted by Crippen LogP contribution is 2.36. The average Bonchev–Trinajstić information content (AvgIpc) is 3.92. The smallest absolute Gasteiger partial charge is 0.246 e. The molecular weight excluding hydrogens is 756 g/mol. The van der Waals surface area contributed by atoms with Crippen LogP contribution in [0.25, 0.3) is 20.7 Å². The standard InChI is InChI=1S/C41H53FN6O6S2/c1-25(27-11-13-28(14-12-27)36-26(2)43-24-55-36)44-38(51)31-22-29(49)23-48(31)39(52)37(41(3,4)5)45-33(50)10-8-6-7-9-19-54-35-30(42)15-16-32-34(35)46-40(56-32)47-17-20-53-21-18-47/h11-16,24-25,29,31,37,49H,6-10,17-23H2,1-5H3,(H,44,51)(H,45,50)/t25-,29+,31-,37+/m0/s1. The Bertz CT molecular complexity index is 1970. The minimum Gasteiger partial charge on any atom is -0.488 e.